The van der Waals surface area contributed by atoms with Gasteiger partial charge in [0.2, 0.25) is 5.95 Å². The van der Waals surface area contributed by atoms with Crippen molar-refractivity contribution in [2.45, 2.75) is 51.2 Å². The Kier molecular flexibility index (Phi) is 5.67. The minimum atomic E-state index is -3.04. The molecular weight excluding hydrogens is 397 g/mol. The predicted octanol–water partition coefficient (Wildman–Crippen LogP) is 4.34. The van der Waals surface area contributed by atoms with Crippen molar-refractivity contribution in [3.05, 3.63) is 47.7 Å². The van der Waals surface area contributed by atoms with Crippen molar-refractivity contribution in [1.82, 2.24) is 25.0 Å². The molecular formula is C20H21F3N6O. The molecule has 4 rings (SSSR count). The van der Waals surface area contributed by atoms with Crippen LogP contribution in [0.1, 0.15) is 49.4 Å². The summed E-state index contributed by atoms with van der Waals surface area (Å²) in [5, 5.41) is 21.5. The van der Waals surface area contributed by atoms with E-state index in [-0.39, 0.29) is 12.0 Å². The summed E-state index contributed by atoms with van der Waals surface area (Å²) < 4.78 is 40.9. The van der Waals surface area contributed by atoms with Crippen molar-refractivity contribution in [1.29, 1.82) is 0 Å². The van der Waals surface area contributed by atoms with E-state index in [1.165, 1.54) is 0 Å². The molecule has 0 radical (unpaired) electrons. The minimum absolute atomic E-state index is 0.0946. The Morgan fingerprint density at radius 3 is 2.77 bits per heavy atom. The van der Waals surface area contributed by atoms with E-state index in [1.807, 2.05) is 13.0 Å². The molecule has 10 heteroatoms. The Balaban J connectivity index is 1.59. The van der Waals surface area contributed by atoms with Gasteiger partial charge in [-0.1, -0.05) is 18.1 Å². The number of hydrogen-bond acceptors (Lipinski definition) is 6. The summed E-state index contributed by atoms with van der Waals surface area (Å²) in [6.07, 6.45) is 2.67. The number of aliphatic hydroxyl groups is 1. The van der Waals surface area contributed by atoms with Gasteiger partial charge >= 0.3 is 0 Å². The molecule has 2 aromatic heterocycles. The van der Waals surface area contributed by atoms with Crippen LogP contribution < -0.4 is 5.32 Å². The van der Waals surface area contributed by atoms with Crippen LogP contribution in [0.25, 0.3) is 11.3 Å². The van der Waals surface area contributed by atoms with Gasteiger partial charge in [0.15, 0.2) is 5.82 Å². The number of alkyl halides is 2. The highest BCUT2D eigenvalue weighted by Crippen LogP contribution is 2.30. The lowest BCUT2D eigenvalue weighted by atomic mass is 9.93. The van der Waals surface area contributed by atoms with Gasteiger partial charge in [0.1, 0.15) is 11.4 Å². The molecule has 2 heterocycles. The van der Waals surface area contributed by atoms with Crippen molar-refractivity contribution in [3.63, 3.8) is 0 Å². The van der Waals surface area contributed by atoms with Crippen LogP contribution in [0.2, 0.25) is 0 Å². The summed E-state index contributed by atoms with van der Waals surface area (Å²) in [4.78, 5) is 7.30. The number of anilines is 2. The Morgan fingerprint density at radius 1 is 1.20 bits per heavy atom. The first kappa shape index (κ1) is 20.3. The topological polar surface area (TPSA) is 88.8 Å². The molecule has 3 aromatic rings. The van der Waals surface area contributed by atoms with Crippen molar-refractivity contribution in [2.75, 3.05) is 5.32 Å². The molecule has 2 atom stereocenters. The third kappa shape index (κ3) is 4.28. The lowest BCUT2D eigenvalue weighted by Gasteiger charge is -2.27. The minimum Gasteiger partial charge on any atom is -0.391 e. The number of aryl methyl sites for hydroxylation is 1. The van der Waals surface area contributed by atoms with E-state index in [0.717, 1.165) is 36.8 Å². The van der Waals surface area contributed by atoms with Gasteiger partial charge in [-0.2, -0.15) is 0 Å². The third-order valence-corrected chi connectivity index (χ3v) is 5.15. The molecule has 1 aliphatic rings. The van der Waals surface area contributed by atoms with Gasteiger partial charge in [0.25, 0.3) is 6.43 Å². The smallest absolute Gasteiger partial charge is 0.283 e. The Hall–Kier alpha value is -3.01. The van der Waals surface area contributed by atoms with E-state index >= 15 is 0 Å². The van der Waals surface area contributed by atoms with Crippen molar-refractivity contribution in [3.8, 4) is 11.3 Å². The maximum Gasteiger partial charge on any atom is 0.283 e. The first-order chi connectivity index (χ1) is 14.4. The van der Waals surface area contributed by atoms with Crippen LogP contribution in [0, 0.1) is 12.7 Å². The highest BCUT2D eigenvalue weighted by atomic mass is 19.3. The zero-order valence-corrected chi connectivity index (χ0v) is 16.3. The standard InChI is InChI=1S/C20H21F3N6O/c1-11-6-12(15-10-29(28-27-15)16-4-2-3-5-17(16)30)8-13(7-11)25-20-24-9-14(21)18(26-20)19(22)23/h6-10,16-17,19,30H,2-5H2,1H3,(H,24,25,26)/t16-,17-/m0/s1. The molecule has 0 amide bonds. The van der Waals surface area contributed by atoms with Gasteiger partial charge in [-0.3, -0.25) is 0 Å². The monoisotopic (exact) mass is 418 g/mol. The fourth-order valence-electron chi connectivity index (χ4n) is 3.70. The van der Waals surface area contributed by atoms with E-state index in [9.17, 15) is 18.3 Å². The number of aliphatic hydroxyl groups excluding tert-OH is 1. The van der Waals surface area contributed by atoms with Gasteiger partial charge < -0.3 is 10.4 Å². The number of nitrogens with zero attached hydrogens (tertiary/aromatic N) is 5. The number of aromatic nitrogens is 5. The lowest BCUT2D eigenvalue weighted by molar-refractivity contribution is 0.0685. The molecule has 7 nitrogen and oxygen atoms in total. The van der Waals surface area contributed by atoms with E-state index < -0.39 is 24.0 Å². The Morgan fingerprint density at radius 2 is 2.00 bits per heavy atom. The molecule has 0 unspecified atom stereocenters. The first-order valence-corrected chi connectivity index (χ1v) is 9.70. The van der Waals surface area contributed by atoms with Gasteiger partial charge in [-0.05, 0) is 43.5 Å². The predicted molar refractivity (Wildman–Crippen MR) is 104 cm³/mol. The quantitative estimate of drug-likeness (QED) is 0.641. The number of rotatable bonds is 5. The van der Waals surface area contributed by atoms with Crippen LogP contribution in [0.15, 0.2) is 30.6 Å². The van der Waals surface area contributed by atoms with Crippen LogP contribution in [0.5, 0.6) is 0 Å². The van der Waals surface area contributed by atoms with Crippen LogP contribution in [-0.4, -0.2) is 36.2 Å². The fraction of sp³-hybridized carbons (Fsp3) is 0.400. The third-order valence-electron chi connectivity index (χ3n) is 5.15. The van der Waals surface area contributed by atoms with E-state index in [0.29, 0.717) is 17.6 Å². The van der Waals surface area contributed by atoms with E-state index in [2.05, 4.69) is 25.6 Å². The zero-order chi connectivity index (χ0) is 21.3. The molecule has 1 aromatic carbocycles. The molecule has 0 bridgehead atoms. The number of benzene rings is 1. The van der Waals surface area contributed by atoms with Gasteiger partial charge in [0, 0.05) is 11.3 Å². The SMILES string of the molecule is Cc1cc(Nc2ncc(F)c(C(F)F)n2)cc(-c2cn([C@H]3CCCC[C@@H]3O)nn2)c1. The average Bonchev–Trinajstić information content (AvgIpc) is 3.19. The number of halogens is 3. The molecule has 1 fully saturated rings. The molecule has 2 N–H and O–H groups in total. The molecule has 0 aliphatic heterocycles. The molecule has 1 saturated carbocycles. The maximum atomic E-state index is 13.4. The Bertz CT molecular complexity index is 1040. The average molecular weight is 418 g/mol. The highest BCUT2D eigenvalue weighted by Gasteiger charge is 2.26. The second kappa shape index (κ2) is 8.39. The normalized spacial score (nSPS) is 19.3. The Labute approximate surface area is 171 Å². The molecule has 30 heavy (non-hydrogen) atoms. The first-order valence-electron chi connectivity index (χ1n) is 9.70. The largest absolute Gasteiger partial charge is 0.391 e. The second-order valence-corrected chi connectivity index (χ2v) is 7.44. The van der Waals surface area contributed by atoms with Crippen LogP contribution in [0.3, 0.4) is 0 Å². The highest BCUT2D eigenvalue weighted by molar-refractivity contribution is 5.68. The number of hydrogen-bond donors (Lipinski definition) is 2. The second-order valence-electron chi connectivity index (χ2n) is 7.44. The van der Waals surface area contributed by atoms with E-state index in [4.69, 9.17) is 0 Å². The van der Waals surface area contributed by atoms with Crippen LogP contribution in [0.4, 0.5) is 24.8 Å². The summed E-state index contributed by atoms with van der Waals surface area (Å²) in [5.41, 5.74) is 1.86. The summed E-state index contributed by atoms with van der Waals surface area (Å²) in [5.74, 6) is -1.28. The van der Waals surface area contributed by atoms with Crippen molar-refractivity contribution < 1.29 is 18.3 Å². The lowest BCUT2D eigenvalue weighted by Crippen LogP contribution is -2.27. The number of nitrogens with one attached hydrogen (secondary N) is 1. The molecule has 0 spiro atoms. The van der Waals surface area contributed by atoms with Crippen LogP contribution in [-0.2, 0) is 0 Å². The van der Waals surface area contributed by atoms with Crippen LogP contribution >= 0.6 is 0 Å². The molecule has 158 valence electrons. The van der Waals surface area contributed by atoms with Crippen molar-refractivity contribution >= 4 is 11.6 Å². The zero-order valence-electron chi connectivity index (χ0n) is 16.3. The van der Waals surface area contributed by atoms with Gasteiger partial charge in [-0.25, -0.2) is 27.8 Å². The van der Waals surface area contributed by atoms with Gasteiger partial charge in [0.05, 0.1) is 24.5 Å². The summed E-state index contributed by atoms with van der Waals surface area (Å²) in [7, 11) is 0. The summed E-state index contributed by atoms with van der Waals surface area (Å²) in [6.45, 7) is 1.88. The molecule has 1 aliphatic carbocycles. The maximum absolute atomic E-state index is 13.4. The molecule has 0 saturated heterocycles. The van der Waals surface area contributed by atoms with E-state index in [1.54, 1.807) is 23.0 Å². The summed E-state index contributed by atoms with van der Waals surface area (Å²) >= 11 is 0. The summed E-state index contributed by atoms with van der Waals surface area (Å²) in [6, 6.07) is 5.36. The fourth-order valence-corrected chi connectivity index (χ4v) is 3.70. The van der Waals surface area contributed by atoms with Crippen molar-refractivity contribution in [2.24, 2.45) is 0 Å². The van der Waals surface area contributed by atoms with Gasteiger partial charge in [-0.15, -0.1) is 5.10 Å².